The van der Waals surface area contributed by atoms with Crippen LogP contribution in [-0.4, -0.2) is 17.4 Å². The van der Waals surface area contributed by atoms with Crippen molar-refractivity contribution < 1.29 is 4.79 Å². The van der Waals surface area contributed by atoms with Crippen molar-refractivity contribution in [1.82, 2.24) is 10.3 Å². The third-order valence-electron chi connectivity index (χ3n) is 2.78. The van der Waals surface area contributed by atoms with Crippen molar-refractivity contribution in [1.29, 1.82) is 0 Å². The first-order valence-corrected chi connectivity index (χ1v) is 6.56. The summed E-state index contributed by atoms with van der Waals surface area (Å²) >= 11 is 6.12. The minimum Gasteiger partial charge on any atom is -0.354 e. The highest BCUT2D eigenvalue weighted by molar-refractivity contribution is 6.30. The topological polar surface area (TPSA) is 42.0 Å². The van der Waals surface area contributed by atoms with Crippen molar-refractivity contribution in [3.05, 3.63) is 66.0 Å². The predicted molar refractivity (Wildman–Crippen MR) is 76.0 cm³/mol. The summed E-state index contributed by atoms with van der Waals surface area (Å²) < 4.78 is 0. The van der Waals surface area contributed by atoms with E-state index in [9.17, 15) is 4.79 Å². The van der Waals surface area contributed by atoms with Gasteiger partial charge in [0.2, 0.25) is 5.91 Å². The van der Waals surface area contributed by atoms with Gasteiger partial charge in [0.25, 0.3) is 0 Å². The van der Waals surface area contributed by atoms with E-state index in [0.29, 0.717) is 6.54 Å². The quantitative estimate of drug-likeness (QED) is 0.852. The van der Waals surface area contributed by atoms with Crippen LogP contribution < -0.4 is 5.32 Å². The molecule has 0 saturated heterocycles. The highest BCUT2D eigenvalue weighted by Crippen LogP contribution is 2.19. The number of amides is 1. The molecule has 2 aromatic rings. The van der Waals surface area contributed by atoms with Crippen LogP contribution in [0.3, 0.4) is 0 Å². The van der Waals surface area contributed by atoms with Gasteiger partial charge >= 0.3 is 0 Å². The fraction of sp³-hybridized carbons (Fsp3) is 0.200. The molecule has 4 heteroatoms. The molecule has 0 bridgehead atoms. The van der Waals surface area contributed by atoms with Crippen molar-refractivity contribution in [2.75, 3.05) is 6.54 Å². The molecule has 1 atom stereocenters. The summed E-state index contributed by atoms with van der Waals surface area (Å²) in [5, 5.41) is 2.20. The Hall–Kier alpha value is -1.87. The number of alkyl halides is 1. The summed E-state index contributed by atoms with van der Waals surface area (Å²) in [5.41, 5.74) is 1.95. The van der Waals surface area contributed by atoms with Gasteiger partial charge in [0.05, 0.1) is 0 Å². The molecule has 19 heavy (non-hydrogen) atoms. The zero-order chi connectivity index (χ0) is 13.5. The molecule has 1 aromatic carbocycles. The van der Waals surface area contributed by atoms with Crippen LogP contribution in [0.15, 0.2) is 54.9 Å². The molecule has 98 valence electrons. The van der Waals surface area contributed by atoms with Gasteiger partial charge in [-0.05, 0) is 29.7 Å². The summed E-state index contributed by atoms with van der Waals surface area (Å²) in [6, 6.07) is 13.2. The van der Waals surface area contributed by atoms with Gasteiger partial charge in [0, 0.05) is 18.9 Å². The summed E-state index contributed by atoms with van der Waals surface area (Å²) in [7, 11) is 0. The average molecular weight is 275 g/mol. The number of hydrogen-bond donors (Lipinski definition) is 1. The number of benzene rings is 1. The highest BCUT2D eigenvalue weighted by atomic mass is 35.5. The monoisotopic (exact) mass is 274 g/mol. The van der Waals surface area contributed by atoms with Crippen LogP contribution in [0.2, 0.25) is 0 Å². The zero-order valence-corrected chi connectivity index (χ0v) is 11.2. The lowest BCUT2D eigenvalue weighted by molar-refractivity contribution is -0.120. The molecular formula is C15H15ClN2O. The van der Waals surface area contributed by atoms with Crippen LogP contribution in [0.4, 0.5) is 0 Å². The minimum atomic E-state index is -0.640. The predicted octanol–water partition coefficient (Wildman–Crippen LogP) is 2.72. The van der Waals surface area contributed by atoms with Gasteiger partial charge in [-0.25, -0.2) is 0 Å². The largest absolute Gasteiger partial charge is 0.354 e. The lowest BCUT2D eigenvalue weighted by atomic mass is 10.1. The molecule has 1 unspecified atom stereocenters. The maximum Gasteiger partial charge on any atom is 0.242 e. The first-order chi connectivity index (χ1) is 9.27. The molecule has 0 radical (unpaired) electrons. The van der Waals surface area contributed by atoms with E-state index >= 15 is 0 Å². The summed E-state index contributed by atoms with van der Waals surface area (Å²) in [6.07, 6.45) is 4.25. The Kier molecular flexibility index (Phi) is 4.93. The van der Waals surface area contributed by atoms with E-state index in [4.69, 9.17) is 11.6 Å². The van der Waals surface area contributed by atoms with Gasteiger partial charge in [0.1, 0.15) is 5.38 Å². The van der Waals surface area contributed by atoms with Gasteiger partial charge in [-0.1, -0.05) is 30.3 Å². The number of carbonyl (C=O) groups excluding carboxylic acids is 1. The number of hydrogen-bond acceptors (Lipinski definition) is 2. The Bertz CT molecular complexity index is 516. The Labute approximate surface area is 117 Å². The fourth-order valence-corrected chi connectivity index (χ4v) is 1.97. The van der Waals surface area contributed by atoms with E-state index in [1.54, 1.807) is 12.4 Å². The Balaban J connectivity index is 1.82. The smallest absolute Gasteiger partial charge is 0.242 e. The molecule has 2 rings (SSSR count). The van der Waals surface area contributed by atoms with Crippen LogP contribution in [-0.2, 0) is 11.2 Å². The zero-order valence-electron chi connectivity index (χ0n) is 10.4. The highest BCUT2D eigenvalue weighted by Gasteiger charge is 2.16. The van der Waals surface area contributed by atoms with Gasteiger partial charge < -0.3 is 5.32 Å². The van der Waals surface area contributed by atoms with Crippen molar-refractivity contribution in [3.8, 4) is 0 Å². The molecule has 1 amide bonds. The standard InChI is InChI=1S/C15H15ClN2O/c16-14(13-4-2-1-3-5-13)15(19)18-11-8-12-6-9-17-10-7-12/h1-7,9-10,14H,8,11H2,(H,18,19). The lowest BCUT2D eigenvalue weighted by Gasteiger charge is -2.10. The lowest BCUT2D eigenvalue weighted by Crippen LogP contribution is -2.28. The number of pyridine rings is 1. The number of aromatic nitrogens is 1. The van der Waals surface area contributed by atoms with Crippen LogP contribution in [0.1, 0.15) is 16.5 Å². The molecule has 0 aliphatic heterocycles. The van der Waals surface area contributed by atoms with E-state index in [-0.39, 0.29) is 5.91 Å². The SMILES string of the molecule is O=C(NCCc1ccncc1)C(Cl)c1ccccc1. The van der Waals surface area contributed by atoms with Gasteiger partial charge in [0.15, 0.2) is 0 Å². The first-order valence-electron chi connectivity index (χ1n) is 6.13. The summed E-state index contributed by atoms with van der Waals surface area (Å²) in [5.74, 6) is -0.165. The van der Waals surface area contributed by atoms with Crippen LogP contribution in [0, 0.1) is 0 Å². The first kappa shape index (κ1) is 13.6. The molecule has 0 aliphatic carbocycles. The molecule has 0 saturated carbocycles. The molecule has 1 aromatic heterocycles. The Morgan fingerprint density at radius 2 is 1.84 bits per heavy atom. The average Bonchev–Trinajstić information content (AvgIpc) is 2.48. The second-order valence-corrected chi connectivity index (χ2v) is 4.61. The van der Waals surface area contributed by atoms with E-state index in [2.05, 4.69) is 10.3 Å². The van der Waals surface area contributed by atoms with Gasteiger partial charge in [-0.2, -0.15) is 0 Å². The Morgan fingerprint density at radius 3 is 2.53 bits per heavy atom. The molecule has 1 heterocycles. The second kappa shape index (κ2) is 6.90. The molecular weight excluding hydrogens is 260 g/mol. The number of nitrogens with one attached hydrogen (secondary N) is 1. The van der Waals surface area contributed by atoms with Gasteiger partial charge in [-0.3, -0.25) is 9.78 Å². The number of nitrogens with zero attached hydrogens (tertiary/aromatic N) is 1. The normalized spacial score (nSPS) is 11.8. The fourth-order valence-electron chi connectivity index (χ4n) is 1.74. The minimum absolute atomic E-state index is 0.165. The Morgan fingerprint density at radius 1 is 1.16 bits per heavy atom. The van der Waals surface area contributed by atoms with Gasteiger partial charge in [-0.15, -0.1) is 11.6 Å². The van der Waals surface area contributed by atoms with Crippen molar-refractivity contribution >= 4 is 17.5 Å². The summed E-state index contributed by atoms with van der Waals surface area (Å²) in [4.78, 5) is 15.8. The van der Waals surface area contributed by atoms with E-state index in [1.165, 1.54) is 0 Å². The van der Waals surface area contributed by atoms with Crippen molar-refractivity contribution in [3.63, 3.8) is 0 Å². The third-order valence-corrected chi connectivity index (χ3v) is 3.23. The molecule has 0 spiro atoms. The molecule has 0 fully saturated rings. The number of halogens is 1. The summed E-state index contributed by atoms with van der Waals surface area (Å²) in [6.45, 7) is 0.568. The number of carbonyl (C=O) groups is 1. The van der Waals surface area contributed by atoms with Crippen molar-refractivity contribution in [2.24, 2.45) is 0 Å². The molecule has 0 aliphatic rings. The van der Waals surface area contributed by atoms with E-state index in [0.717, 1.165) is 17.5 Å². The van der Waals surface area contributed by atoms with Crippen LogP contribution in [0.5, 0.6) is 0 Å². The van der Waals surface area contributed by atoms with E-state index < -0.39 is 5.38 Å². The third kappa shape index (κ3) is 4.07. The van der Waals surface area contributed by atoms with Crippen molar-refractivity contribution in [2.45, 2.75) is 11.8 Å². The van der Waals surface area contributed by atoms with Crippen LogP contribution in [0.25, 0.3) is 0 Å². The number of rotatable bonds is 5. The maximum absolute atomic E-state index is 11.9. The second-order valence-electron chi connectivity index (χ2n) is 4.17. The molecule has 1 N–H and O–H groups in total. The van der Waals surface area contributed by atoms with E-state index in [1.807, 2.05) is 42.5 Å². The maximum atomic E-state index is 11.9. The molecule has 3 nitrogen and oxygen atoms in total. The van der Waals surface area contributed by atoms with Crippen LogP contribution >= 0.6 is 11.6 Å².